The highest BCUT2D eigenvalue weighted by Crippen LogP contribution is 2.46. The van der Waals surface area contributed by atoms with Crippen LogP contribution in [-0.2, 0) is 5.41 Å². The molecule has 2 rings (SSSR count). The van der Waals surface area contributed by atoms with Crippen molar-refractivity contribution >= 4 is 0 Å². The van der Waals surface area contributed by atoms with Crippen LogP contribution in [-0.4, -0.2) is 11.7 Å². The van der Waals surface area contributed by atoms with Crippen LogP contribution < -0.4 is 5.73 Å². The first-order valence-corrected chi connectivity index (χ1v) is 5.41. The first-order chi connectivity index (χ1) is 7.59. The number of hydrogen-bond acceptors (Lipinski definition) is 2. The second kappa shape index (κ2) is 4.01. The Balaban J connectivity index is 2.42. The van der Waals surface area contributed by atoms with Crippen molar-refractivity contribution in [2.45, 2.75) is 31.1 Å². The first-order valence-electron chi connectivity index (χ1n) is 5.41. The fourth-order valence-corrected chi connectivity index (χ4v) is 2.30. The summed E-state index contributed by atoms with van der Waals surface area (Å²) in [6.45, 7) is 0.396. The SMILES string of the molecule is NCC1(c2cc(C(F)F)ccc2O)CCC1. The molecule has 1 saturated carbocycles. The zero-order valence-electron chi connectivity index (χ0n) is 8.92. The third-order valence-electron chi connectivity index (χ3n) is 3.55. The van der Waals surface area contributed by atoms with Crippen LogP contribution in [0.1, 0.15) is 36.8 Å². The van der Waals surface area contributed by atoms with Gasteiger partial charge in [0.05, 0.1) is 0 Å². The van der Waals surface area contributed by atoms with Crippen molar-refractivity contribution in [1.29, 1.82) is 0 Å². The Morgan fingerprint density at radius 1 is 1.38 bits per heavy atom. The van der Waals surface area contributed by atoms with E-state index in [0.29, 0.717) is 12.1 Å². The average molecular weight is 227 g/mol. The molecule has 0 unspecified atom stereocenters. The maximum atomic E-state index is 12.6. The van der Waals surface area contributed by atoms with Crippen molar-refractivity contribution in [2.75, 3.05) is 6.54 Å². The fraction of sp³-hybridized carbons (Fsp3) is 0.500. The van der Waals surface area contributed by atoms with Gasteiger partial charge in [-0.25, -0.2) is 8.78 Å². The molecule has 16 heavy (non-hydrogen) atoms. The van der Waals surface area contributed by atoms with E-state index < -0.39 is 6.43 Å². The van der Waals surface area contributed by atoms with E-state index in [-0.39, 0.29) is 16.7 Å². The van der Waals surface area contributed by atoms with Gasteiger partial charge in [0.25, 0.3) is 6.43 Å². The number of benzene rings is 1. The molecule has 0 amide bonds. The Kier molecular flexibility index (Phi) is 2.84. The van der Waals surface area contributed by atoms with E-state index in [1.165, 1.54) is 18.2 Å². The molecule has 3 N–H and O–H groups in total. The van der Waals surface area contributed by atoms with E-state index in [1.807, 2.05) is 0 Å². The molecule has 0 aromatic heterocycles. The predicted octanol–water partition coefficient (Wildman–Crippen LogP) is 2.71. The van der Waals surface area contributed by atoms with E-state index in [2.05, 4.69) is 0 Å². The van der Waals surface area contributed by atoms with Gasteiger partial charge in [-0.3, -0.25) is 0 Å². The molecule has 0 saturated heterocycles. The van der Waals surface area contributed by atoms with Gasteiger partial charge >= 0.3 is 0 Å². The lowest BCUT2D eigenvalue weighted by Crippen LogP contribution is -2.41. The Hall–Kier alpha value is -1.16. The third kappa shape index (κ3) is 1.67. The van der Waals surface area contributed by atoms with Crippen molar-refractivity contribution in [3.63, 3.8) is 0 Å². The Labute approximate surface area is 93.1 Å². The number of aromatic hydroxyl groups is 1. The molecule has 0 atom stereocenters. The van der Waals surface area contributed by atoms with Gasteiger partial charge in [-0.05, 0) is 31.0 Å². The highest BCUT2D eigenvalue weighted by molar-refractivity contribution is 5.43. The van der Waals surface area contributed by atoms with Gasteiger partial charge in [0.15, 0.2) is 0 Å². The summed E-state index contributed by atoms with van der Waals surface area (Å²) < 4.78 is 25.2. The Morgan fingerprint density at radius 2 is 2.06 bits per heavy atom. The van der Waals surface area contributed by atoms with Crippen LogP contribution >= 0.6 is 0 Å². The van der Waals surface area contributed by atoms with E-state index in [0.717, 1.165) is 19.3 Å². The number of rotatable bonds is 3. The molecule has 0 heterocycles. The minimum Gasteiger partial charge on any atom is -0.508 e. The first kappa shape index (κ1) is 11.3. The molecule has 0 aliphatic heterocycles. The smallest absolute Gasteiger partial charge is 0.263 e. The van der Waals surface area contributed by atoms with Crippen molar-refractivity contribution in [3.8, 4) is 5.75 Å². The third-order valence-corrected chi connectivity index (χ3v) is 3.55. The van der Waals surface area contributed by atoms with Crippen LogP contribution in [0, 0.1) is 0 Å². The van der Waals surface area contributed by atoms with Crippen LogP contribution in [0.5, 0.6) is 5.75 Å². The zero-order valence-corrected chi connectivity index (χ0v) is 8.92. The molecule has 1 aliphatic rings. The summed E-state index contributed by atoms with van der Waals surface area (Å²) in [5.74, 6) is 0.0783. The van der Waals surface area contributed by atoms with Crippen LogP contribution in [0.2, 0.25) is 0 Å². The second-order valence-corrected chi connectivity index (χ2v) is 4.42. The van der Waals surface area contributed by atoms with E-state index in [4.69, 9.17) is 5.73 Å². The van der Waals surface area contributed by atoms with Gasteiger partial charge in [0.2, 0.25) is 0 Å². The molecule has 0 spiro atoms. The van der Waals surface area contributed by atoms with Crippen molar-refractivity contribution < 1.29 is 13.9 Å². The molecule has 88 valence electrons. The summed E-state index contributed by atoms with van der Waals surface area (Å²) in [5, 5.41) is 9.75. The normalized spacial score (nSPS) is 18.5. The molecule has 1 aliphatic carbocycles. The van der Waals surface area contributed by atoms with Crippen LogP contribution in [0.3, 0.4) is 0 Å². The molecule has 1 aromatic carbocycles. The lowest BCUT2D eigenvalue weighted by atomic mass is 9.64. The standard InChI is InChI=1S/C12H15F2NO/c13-11(14)8-2-3-10(16)9(6-8)12(7-15)4-1-5-12/h2-3,6,11,16H,1,4-5,7,15H2. The molecule has 0 radical (unpaired) electrons. The minimum atomic E-state index is -2.51. The molecular weight excluding hydrogens is 212 g/mol. The summed E-state index contributed by atoms with van der Waals surface area (Å²) >= 11 is 0. The molecule has 1 fully saturated rings. The molecular formula is C12H15F2NO. The monoisotopic (exact) mass is 227 g/mol. The average Bonchev–Trinajstić information content (AvgIpc) is 2.19. The van der Waals surface area contributed by atoms with Crippen molar-refractivity contribution in [3.05, 3.63) is 29.3 Å². The number of phenolic OH excluding ortho intramolecular Hbond substituents is 1. The van der Waals surface area contributed by atoms with E-state index >= 15 is 0 Å². The second-order valence-electron chi connectivity index (χ2n) is 4.42. The molecule has 4 heteroatoms. The summed E-state index contributed by atoms with van der Waals surface area (Å²) in [6.07, 6.45) is 0.262. The van der Waals surface area contributed by atoms with Gasteiger partial charge in [-0.15, -0.1) is 0 Å². The largest absolute Gasteiger partial charge is 0.508 e. The molecule has 0 bridgehead atoms. The number of hydrogen-bond donors (Lipinski definition) is 2. The fourth-order valence-electron chi connectivity index (χ4n) is 2.30. The summed E-state index contributed by atoms with van der Waals surface area (Å²) in [6, 6.07) is 3.99. The topological polar surface area (TPSA) is 46.2 Å². The number of phenols is 1. The lowest BCUT2D eigenvalue weighted by molar-refractivity contribution is 0.150. The number of nitrogens with two attached hydrogens (primary N) is 1. The quantitative estimate of drug-likeness (QED) is 0.834. The highest BCUT2D eigenvalue weighted by Gasteiger charge is 2.39. The summed E-state index contributed by atoms with van der Waals surface area (Å²) in [7, 11) is 0. The van der Waals surface area contributed by atoms with Gasteiger partial charge in [-0.2, -0.15) is 0 Å². The van der Waals surface area contributed by atoms with Gasteiger partial charge in [-0.1, -0.05) is 6.42 Å². The molecule has 2 nitrogen and oxygen atoms in total. The van der Waals surface area contributed by atoms with Gasteiger partial charge < -0.3 is 10.8 Å². The minimum absolute atomic E-state index is 0.0486. The number of alkyl halides is 2. The lowest BCUT2D eigenvalue weighted by Gasteiger charge is -2.42. The maximum Gasteiger partial charge on any atom is 0.263 e. The summed E-state index contributed by atoms with van der Waals surface area (Å²) in [4.78, 5) is 0. The van der Waals surface area contributed by atoms with Crippen LogP contribution in [0.25, 0.3) is 0 Å². The van der Waals surface area contributed by atoms with Crippen LogP contribution in [0.4, 0.5) is 8.78 Å². The maximum absolute atomic E-state index is 12.6. The summed E-state index contributed by atoms with van der Waals surface area (Å²) in [5.41, 5.74) is 5.95. The van der Waals surface area contributed by atoms with Gasteiger partial charge in [0, 0.05) is 23.1 Å². The zero-order chi connectivity index (χ0) is 11.8. The van der Waals surface area contributed by atoms with Gasteiger partial charge in [0.1, 0.15) is 5.75 Å². The van der Waals surface area contributed by atoms with Crippen LogP contribution in [0.15, 0.2) is 18.2 Å². The predicted molar refractivity (Wildman–Crippen MR) is 57.6 cm³/mol. The highest BCUT2D eigenvalue weighted by atomic mass is 19.3. The van der Waals surface area contributed by atoms with E-state index in [9.17, 15) is 13.9 Å². The molecule has 1 aromatic rings. The van der Waals surface area contributed by atoms with E-state index in [1.54, 1.807) is 0 Å². The number of halogens is 2. The Bertz CT molecular complexity index is 383. The van der Waals surface area contributed by atoms with Crippen molar-refractivity contribution in [1.82, 2.24) is 0 Å². The Morgan fingerprint density at radius 3 is 2.50 bits per heavy atom. The van der Waals surface area contributed by atoms with Crippen molar-refractivity contribution in [2.24, 2.45) is 5.73 Å².